The first-order valence-corrected chi connectivity index (χ1v) is 13.4. The van der Waals surface area contributed by atoms with Crippen LogP contribution < -0.4 is 9.47 Å². The summed E-state index contributed by atoms with van der Waals surface area (Å²) in [5, 5.41) is 11.8. The Morgan fingerprint density at radius 3 is 2.86 bits per heavy atom. The smallest absolute Gasteiger partial charge is 0.138 e. The summed E-state index contributed by atoms with van der Waals surface area (Å²) in [5.74, 6) is 2.66. The van der Waals surface area contributed by atoms with Gasteiger partial charge in [-0.1, -0.05) is 36.7 Å². The molecule has 0 unspecified atom stereocenters. The standard InChI is InChI=1S/C29H38ClN3O3/c1-3-28-31-13-17-33(28)15-6-18-35-25-8-4-7-24(20-25)21-32-14-5-11-29(34,12-16-32)22-36-27-19-23(2)9-10-26(27)30/h4,7-10,13,17,19-20,34H,3,5-6,11-12,14-16,18,21-22H2,1-2H3/t29-/m1/s1. The van der Waals surface area contributed by atoms with Gasteiger partial charge in [0.05, 0.1) is 17.2 Å². The van der Waals surface area contributed by atoms with Crippen molar-refractivity contribution in [3.63, 3.8) is 0 Å². The number of aliphatic hydroxyl groups is 1. The number of nitrogens with zero attached hydrogens (tertiary/aromatic N) is 3. The van der Waals surface area contributed by atoms with Crippen LogP contribution in [0.5, 0.6) is 11.5 Å². The molecule has 1 fully saturated rings. The molecule has 194 valence electrons. The summed E-state index contributed by atoms with van der Waals surface area (Å²) in [5.41, 5.74) is 1.46. The molecule has 4 rings (SSSR count). The molecular weight excluding hydrogens is 474 g/mol. The molecule has 0 bridgehead atoms. The molecule has 6 nitrogen and oxygen atoms in total. The van der Waals surface area contributed by atoms with E-state index in [-0.39, 0.29) is 6.61 Å². The first-order valence-electron chi connectivity index (χ1n) is 13.0. The van der Waals surface area contributed by atoms with Crippen LogP contribution in [0.1, 0.15) is 49.6 Å². The van der Waals surface area contributed by atoms with Gasteiger partial charge < -0.3 is 19.1 Å². The topological polar surface area (TPSA) is 59.8 Å². The molecule has 0 radical (unpaired) electrons. The zero-order chi connectivity index (χ0) is 25.4. The van der Waals surface area contributed by atoms with E-state index in [2.05, 4.69) is 39.6 Å². The van der Waals surface area contributed by atoms with Gasteiger partial charge in [0.15, 0.2) is 0 Å². The molecule has 0 amide bonds. The quantitative estimate of drug-likeness (QED) is 0.336. The van der Waals surface area contributed by atoms with E-state index < -0.39 is 5.60 Å². The van der Waals surface area contributed by atoms with Crippen LogP contribution in [0.3, 0.4) is 0 Å². The van der Waals surface area contributed by atoms with E-state index in [9.17, 15) is 5.11 Å². The van der Waals surface area contributed by atoms with Crippen molar-refractivity contribution in [2.45, 2.75) is 64.6 Å². The Bertz CT molecular complexity index is 1120. The molecule has 1 saturated heterocycles. The highest BCUT2D eigenvalue weighted by Gasteiger charge is 2.31. The molecule has 0 saturated carbocycles. The number of rotatable bonds is 11. The molecule has 36 heavy (non-hydrogen) atoms. The fourth-order valence-corrected chi connectivity index (χ4v) is 4.92. The normalized spacial score (nSPS) is 18.7. The van der Waals surface area contributed by atoms with Crippen molar-refractivity contribution in [2.75, 3.05) is 26.3 Å². The van der Waals surface area contributed by atoms with Gasteiger partial charge in [-0.25, -0.2) is 4.98 Å². The lowest BCUT2D eigenvalue weighted by atomic mass is 9.96. The fourth-order valence-electron chi connectivity index (χ4n) is 4.75. The van der Waals surface area contributed by atoms with Crippen LogP contribution in [-0.4, -0.2) is 51.5 Å². The molecule has 1 N–H and O–H groups in total. The van der Waals surface area contributed by atoms with Crippen molar-refractivity contribution < 1.29 is 14.6 Å². The highest BCUT2D eigenvalue weighted by molar-refractivity contribution is 6.32. The van der Waals surface area contributed by atoms with E-state index >= 15 is 0 Å². The third kappa shape index (κ3) is 7.48. The minimum Gasteiger partial charge on any atom is -0.494 e. The van der Waals surface area contributed by atoms with Gasteiger partial charge in [-0.15, -0.1) is 0 Å². The number of aromatic nitrogens is 2. The predicted molar refractivity (Wildman–Crippen MR) is 144 cm³/mol. The van der Waals surface area contributed by atoms with Crippen molar-refractivity contribution in [3.8, 4) is 11.5 Å². The lowest BCUT2D eigenvalue weighted by molar-refractivity contribution is -0.0168. The first-order chi connectivity index (χ1) is 17.4. The fraction of sp³-hybridized carbons (Fsp3) is 0.483. The molecular formula is C29H38ClN3O3. The van der Waals surface area contributed by atoms with Gasteiger partial charge in [0.25, 0.3) is 0 Å². The second-order valence-corrected chi connectivity index (χ2v) is 10.2. The number of ether oxygens (including phenoxy) is 2. The molecule has 1 aliphatic heterocycles. The molecule has 2 aromatic carbocycles. The summed E-state index contributed by atoms with van der Waals surface area (Å²) in [6.45, 7) is 8.58. The van der Waals surface area contributed by atoms with Crippen LogP contribution in [0, 0.1) is 6.92 Å². The average molecular weight is 512 g/mol. The second kappa shape index (κ2) is 12.6. The molecule has 2 heterocycles. The average Bonchev–Trinajstić information content (AvgIpc) is 3.25. The zero-order valence-corrected chi connectivity index (χ0v) is 22.2. The van der Waals surface area contributed by atoms with E-state index in [1.807, 2.05) is 43.6 Å². The van der Waals surface area contributed by atoms with Crippen LogP contribution in [0.15, 0.2) is 54.9 Å². The molecule has 1 aliphatic rings. The number of likely N-dealkylation sites (tertiary alicyclic amines) is 1. The van der Waals surface area contributed by atoms with Gasteiger partial charge in [-0.2, -0.15) is 0 Å². The summed E-state index contributed by atoms with van der Waals surface area (Å²) in [7, 11) is 0. The van der Waals surface area contributed by atoms with Crippen LogP contribution in [-0.2, 0) is 19.5 Å². The van der Waals surface area contributed by atoms with Crippen LogP contribution in [0.25, 0.3) is 0 Å². The number of aryl methyl sites for hydroxylation is 3. The van der Waals surface area contributed by atoms with Crippen molar-refractivity contribution >= 4 is 11.6 Å². The molecule has 3 aromatic rings. The van der Waals surface area contributed by atoms with E-state index in [0.717, 1.165) is 62.6 Å². The van der Waals surface area contributed by atoms with Crippen molar-refractivity contribution in [3.05, 3.63) is 76.8 Å². The van der Waals surface area contributed by atoms with Gasteiger partial charge >= 0.3 is 0 Å². The Morgan fingerprint density at radius 1 is 1.11 bits per heavy atom. The van der Waals surface area contributed by atoms with Crippen molar-refractivity contribution in [1.82, 2.24) is 14.5 Å². The summed E-state index contributed by atoms with van der Waals surface area (Å²) < 4.78 is 14.2. The third-order valence-corrected chi connectivity index (χ3v) is 7.14. The zero-order valence-electron chi connectivity index (χ0n) is 21.5. The number of imidazole rings is 1. The highest BCUT2D eigenvalue weighted by atomic mass is 35.5. The van der Waals surface area contributed by atoms with Gasteiger partial charge in [-0.3, -0.25) is 4.90 Å². The second-order valence-electron chi connectivity index (χ2n) is 9.82. The van der Waals surface area contributed by atoms with Crippen LogP contribution in [0.2, 0.25) is 5.02 Å². The maximum absolute atomic E-state index is 11.2. The summed E-state index contributed by atoms with van der Waals surface area (Å²) in [6.07, 6.45) is 8.08. The highest BCUT2D eigenvalue weighted by Crippen LogP contribution is 2.29. The minimum atomic E-state index is -0.848. The minimum absolute atomic E-state index is 0.256. The van der Waals surface area contributed by atoms with E-state index in [4.69, 9.17) is 21.1 Å². The number of hydrogen-bond acceptors (Lipinski definition) is 5. The van der Waals surface area contributed by atoms with Crippen molar-refractivity contribution in [1.29, 1.82) is 0 Å². The van der Waals surface area contributed by atoms with Gasteiger partial charge in [0, 0.05) is 38.4 Å². The number of benzene rings is 2. The van der Waals surface area contributed by atoms with Gasteiger partial charge in [-0.05, 0) is 74.5 Å². The first kappa shape index (κ1) is 26.5. The monoisotopic (exact) mass is 511 g/mol. The van der Waals surface area contributed by atoms with Gasteiger partial charge in [0.2, 0.25) is 0 Å². The lowest BCUT2D eigenvalue weighted by Crippen LogP contribution is -2.37. The Hall–Kier alpha value is -2.54. The van der Waals surface area contributed by atoms with E-state index in [0.29, 0.717) is 30.2 Å². The molecule has 0 aliphatic carbocycles. The van der Waals surface area contributed by atoms with Crippen molar-refractivity contribution in [2.24, 2.45) is 0 Å². The summed E-state index contributed by atoms with van der Waals surface area (Å²) in [4.78, 5) is 6.78. The Kier molecular flexibility index (Phi) is 9.30. The third-order valence-electron chi connectivity index (χ3n) is 6.83. The van der Waals surface area contributed by atoms with E-state index in [1.54, 1.807) is 0 Å². The van der Waals surface area contributed by atoms with Gasteiger partial charge in [0.1, 0.15) is 23.9 Å². The Labute approximate surface area is 219 Å². The Morgan fingerprint density at radius 2 is 2.00 bits per heavy atom. The maximum Gasteiger partial charge on any atom is 0.138 e. The molecule has 0 spiro atoms. The number of hydrogen-bond donors (Lipinski definition) is 1. The van der Waals surface area contributed by atoms with Crippen LogP contribution >= 0.6 is 11.6 Å². The largest absolute Gasteiger partial charge is 0.494 e. The molecule has 1 atom stereocenters. The summed E-state index contributed by atoms with van der Waals surface area (Å²) >= 11 is 6.26. The molecule has 1 aromatic heterocycles. The predicted octanol–water partition coefficient (Wildman–Crippen LogP) is 5.67. The Balaban J connectivity index is 1.24. The van der Waals surface area contributed by atoms with E-state index in [1.165, 1.54) is 5.56 Å². The van der Waals surface area contributed by atoms with Crippen LogP contribution in [0.4, 0.5) is 0 Å². The summed E-state index contributed by atoms with van der Waals surface area (Å²) in [6, 6.07) is 14.1. The lowest BCUT2D eigenvalue weighted by Gasteiger charge is -2.27. The SMILES string of the molecule is CCc1nccn1CCCOc1cccc(CN2CCC[C@](O)(COc3cc(C)ccc3Cl)CC2)c1. The number of halogens is 1. The maximum atomic E-state index is 11.2. The molecule has 7 heteroatoms.